The molecular formula is C14H19N3O3S. The molecule has 2 heterocycles. The summed E-state index contributed by atoms with van der Waals surface area (Å²) >= 11 is 1.24. The van der Waals surface area contributed by atoms with E-state index in [1.807, 2.05) is 0 Å². The van der Waals surface area contributed by atoms with E-state index in [-0.39, 0.29) is 18.4 Å². The van der Waals surface area contributed by atoms with E-state index in [1.54, 1.807) is 14.0 Å². The van der Waals surface area contributed by atoms with Crippen LogP contribution in [0, 0.1) is 11.3 Å². The lowest BCUT2D eigenvalue weighted by Crippen LogP contribution is -2.36. The summed E-state index contributed by atoms with van der Waals surface area (Å²) in [6.45, 7) is 3.60. The topological polar surface area (TPSA) is 88.6 Å². The molecule has 1 aromatic rings. The highest BCUT2D eigenvalue weighted by Gasteiger charge is 2.27. The maximum atomic E-state index is 11.9. The Morgan fingerprint density at radius 1 is 1.52 bits per heavy atom. The summed E-state index contributed by atoms with van der Waals surface area (Å²) in [6.07, 6.45) is 2.05. The number of hydrogen-bond acceptors (Lipinski definition) is 7. The van der Waals surface area contributed by atoms with E-state index in [4.69, 9.17) is 15.2 Å². The largest absolute Gasteiger partial charge is 0.462 e. The number of carbonyl (C=O) groups is 1. The Hall–Kier alpha value is -1.78. The van der Waals surface area contributed by atoms with Crippen LogP contribution in [0.3, 0.4) is 0 Å². The van der Waals surface area contributed by atoms with Gasteiger partial charge in [0.25, 0.3) is 0 Å². The fraction of sp³-hybridized carbons (Fsp3) is 0.571. The Morgan fingerprint density at radius 2 is 2.19 bits per heavy atom. The minimum Gasteiger partial charge on any atom is -0.462 e. The average molecular weight is 309 g/mol. The molecule has 114 valence electrons. The number of nitrogens with two attached hydrogens (primary N) is 1. The molecule has 0 unspecified atom stereocenters. The molecule has 0 aromatic carbocycles. The zero-order chi connectivity index (χ0) is 15.4. The Labute approximate surface area is 128 Å². The molecule has 0 bridgehead atoms. The summed E-state index contributed by atoms with van der Waals surface area (Å²) in [6, 6.07) is 2.11. The molecule has 0 radical (unpaired) electrons. The third kappa shape index (κ3) is 3.12. The van der Waals surface area contributed by atoms with Crippen LogP contribution >= 0.6 is 11.3 Å². The second-order valence-corrected chi connectivity index (χ2v) is 5.78. The molecule has 6 nitrogen and oxygen atoms in total. The first-order chi connectivity index (χ1) is 10.1. The van der Waals surface area contributed by atoms with Gasteiger partial charge in [-0.3, -0.25) is 0 Å². The Morgan fingerprint density at radius 3 is 2.71 bits per heavy atom. The number of methoxy groups -OCH3 is 1. The molecule has 2 N–H and O–H groups in total. The number of hydrogen-bond donors (Lipinski definition) is 1. The van der Waals surface area contributed by atoms with Crippen molar-refractivity contribution in [2.45, 2.75) is 25.9 Å². The van der Waals surface area contributed by atoms with Gasteiger partial charge in [0.05, 0.1) is 18.4 Å². The van der Waals surface area contributed by atoms with Gasteiger partial charge in [-0.1, -0.05) is 0 Å². The van der Waals surface area contributed by atoms with Crippen LogP contribution in [0.2, 0.25) is 0 Å². The molecule has 1 fully saturated rings. The van der Waals surface area contributed by atoms with Gasteiger partial charge in [-0.2, -0.15) is 5.26 Å². The minimum atomic E-state index is -0.463. The summed E-state index contributed by atoms with van der Waals surface area (Å²) in [5.74, 6) is -0.463. The highest BCUT2D eigenvalue weighted by atomic mass is 32.1. The molecular weight excluding hydrogens is 290 g/mol. The summed E-state index contributed by atoms with van der Waals surface area (Å²) in [5.41, 5.74) is 6.54. The molecule has 1 aromatic heterocycles. The van der Waals surface area contributed by atoms with Gasteiger partial charge in [-0.15, -0.1) is 11.3 Å². The van der Waals surface area contributed by atoms with E-state index in [9.17, 15) is 10.1 Å². The zero-order valence-electron chi connectivity index (χ0n) is 12.2. The lowest BCUT2D eigenvalue weighted by atomic mass is 10.1. The van der Waals surface area contributed by atoms with Gasteiger partial charge in [-0.05, 0) is 19.8 Å². The normalized spacial score (nSPS) is 15.8. The van der Waals surface area contributed by atoms with Crippen molar-refractivity contribution in [1.29, 1.82) is 5.26 Å². The quantitative estimate of drug-likeness (QED) is 0.856. The molecule has 0 amide bonds. The number of carbonyl (C=O) groups excluding carboxylic acids is 1. The molecule has 0 saturated carbocycles. The second-order valence-electron chi connectivity index (χ2n) is 4.78. The smallest absolute Gasteiger partial charge is 0.350 e. The van der Waals surface area contributed by atoms with Gasteiger partial charge < -0.3 is 20.1 Å². The second kappa shape index (κ2) is 6.78. The van der Waals surface area contributed by atoms with Crippen molar-refractivity contribution in [2.24, 2.45) is 0 Å². The highest BCUT2D eigenvalue weighted by Crippen LogP contribution is 2.39. The van der Waals surface area contributed by atoms with Crippen molar-refractivity contribution in [3.8, 4) is 6.07 Å². The Bertz CT molecular complexity index is 557. The van der Waals surface area contributed by atoms with Crippen LogP contribution < -0.4 is 10.6 Å². The number of nitrogens with zero attached hydrogens (tertiary/aromatic N) is 2. The molecule has 21 heavy (non-hydrogen) atoms. The van der Waals surface area contributed by atoms with Crippen molar-refractivity contribution in [2.75, 3.05) is 37.4 Å². The predicted molar refractivity (Wildman–Crippen MR) is 81.6 cm³/mol. The van der Waals surface area contributed by atoms with E-state index >= 15 is 0 Å². The van der Waals surface area contributed by atoms with E-state index in [0.717, 1.165) is 30.9 Å². The van der Waals surface area contributed by atoms with E-state index < -0.39 is 5.97 Å². The number of ether oxygens (including phenoxy) is 2. The molecule has 0 atom stereocenters. The molecule has 0 aliphatic carbocycles. The summed E-state index contributed by atoms with van der Waals surface area (Å²) in [4.78, 5) is 14.3. The minimum absolute atomic E-state index is 0.227. The average Bonchev–Trinajstić information content (AvgIpc) is 2.84. The number of anilines is 2. The van der Waals surface area contributed by atoms with Crippen molar-refractivity contribution in [1.82, 2.24) is 0 Å². The SMILES string of the molecule is CCOC(=O)c1sc(N2CCC(OC)CC2)c(C#N)c1N. The molecule has 0 spiro atoms. The van der Waals surface area contributed by atoms with Crippen LogP contribution in [0.1, 0.15) is 35.0 Å². The van der Waals surface area contributed by atoms with Crippen molar-refractivity contribution < 1.29 is 14.3 Å². The fourth-order valence-electron chi connectivity index (χ4n) is 2.40. The van der Waals surface area contributed by atoms with Crippen LogP contribution in [0.4, 0.5) is 10.7 Å². The van der Waals surface area contributed by atoms with Crippen molar-refractivity contribution in [3.63, 3.8) is 0 Å². The molecule has 1 saturated heterocycles. The lowest BCUT2D eigenvalue weighted by Gasteiger charge is -2.32. The Kier molecular flexibility index (Phi) is 5.04. The van der Waals surface area contributed by atoms with Gasteiger partial charge in [0.1, 0.15) is 21.5 Å². The number of nitriles is 1. The third-order valence-electron chi connectivity index (χ3n) is 3.56. The van der Waals surface area contributed by atoms with Gasteiger partial charge >= 0.3 is 5.97 Å². The lowest BCUT2D eigenvalue weighted by molar-refractivity contribution is 0.0533. The highest BCUT2D eigenvalue weighted by molar-refractivity contribution is 7.18. The van der Waals surface area contributed by atoms with E-state index in [1.165, 1.54) is 11.3 Å². The number of esters is 1. The van der Waals surface area contributed by atoms with Gasteiger partial charge in [0.2, 0.25) is 0 Å². The predicted octanol–water partition coefficient (Wildman–Crippen LogP) is 1.99. The van der Waals surface area contributed by atoms with E-state index in [2.05, 4.69) is 11.0 Å². The molecule has 1 aliphatic rings. The number of nitrogen functional groups attached to an aromatic ring is 1. The Balaban J connectivity index is 2.26. The maximum Gasteiger partial charge on any atom is 0.350 e. The van der Waals surface area contributed by atoms with Gasteiger partial charge in [-0.25, -0.2) is 4.79 Å². The van der Waals surface area contributed by atoms with Crippen LogP contribution in [0.15, 0.2) is 0 Å². The summed E-state index contributed by atoms with van der Waals surface area (Å²) in [5, 5.41) is 10.1. The summed E-state index contributed by atoms with van der Waals surface area (Å²) in [7, 11) is 1.71. The molecule has 7 heteroatoms. The number of thiophene rings is 1. The standard InChI is InChI=1S/C14H19N3O3S/c1-3-20-14(18)12-11(16)10(8-15)13(21-12)17-6-4-9(19-2)5-7-17/h9H,3-7,16H2,1-2H3. The molecule has 2 rings (SSSR count). The van der Waals surface area contributed by atoms with Gasteiger partial charge in [0.15, 0.2) is 0 Å². The van der Waals surface area contributed by atoms with E-state index in [0.29, 0.717) is 10.4 Å². The van der Waals surface area contributed by atoms with Crippen molar-refractivity contribution >= 4 is 28.0 Å². The first kappa shape index (κ1) is 15.6. The van der Waals surface area contributed by atoms with Crippen LogP contribution in [0.25, 0.3) is 0 Å². The first-order valence-electron chi connectivity index (χ1n) is 6.89. The third-order valence-corrected chi connectivity index (χ3v) is 4.81. The monoisotopic (exact) mass is 309 g/mol. The number of rotatable bonds is 4. The number of piperidine rings is 1. The van der Waals surface area contributed by atoms with Crippen LogP contribution in [-0.2, 0) is 9.47 Å². The van der Waals surface area contributed by atoms with Crippen molar-refractivity contribution in [3.05, 3.63) is 10.4 Å². The van der Waals surface area contributed by atoms with Crippen LogP contribution in [-0.4, -0.2) is 38.9 Å². The summed E-state index contributed by atoms with van der Waals surface area (Å²) < 4.78 is 10.3. The first-order valence-corrected chi connectivity index (χ1v) is 7.71. The molecule has 1 aliphatic heterocycles. The van der Waals surface area contributed by atoms with Crippen LogP contribution in [0.5, 0.6) is 0 Å². The maximum absolute atomic E-state index is 11.9. The fourth-order valence-corrected chi connectivity index (χ4v) is 3.52. The zero-order valence-corrected chi connectivity index (χ0v) is 13.0. The van der Waals surface area contributed by atoms with Gasteiger partial charge in [0, 0.05) is 20.2 Å².